The van der Waals surface area contributed by atoms with Gasteiger partial charge in [-0.25, -0.2) is 0 Å². The minimum atomic E-state index is 0.226. The van der Waals surface area contributed by atoms with Crippen molar-refractivity contribution in [3.8, 4) is 0 Å². The summed E-state index contributed by atoms with van der Waals surface area (Å²) in [4.78, 5) is 2.84. The van der Waals surface area contributed by atoms with Crippen molar-refractivity contribution in [3.63, 3.8) is 0 Å². The van der Waals surface area contributed by atoms with Gasteiger partial charge in [-0.05, 0) is 47.4 Å². The van der Waals surface area contributed by atoms with E-state index in [-0.39, 0.29) is 6.04 Å². The zero-order chi connectivity index (χ0) is 12.3. The largest absolute Gasteiger partial charge is 0.271 e. The summed E-state index contributed by atoms with van der Waals surface area (Å²) >= 11 is 3.63. The van der Waals surface area contributed by atoms with Gasteiger partial charge in [-0.1, -0.05) is 6.92 Å². The molecule has 2 heterocycles. The second-order valence-corrected chi connectivity index (χ2v) is 6.15. The van der Waals surface area contributed by atoms with Gasteiger partial charge in [-0.15, -0.1) is 11.3 Å². The summed E-state index contributed by atoms with van der Waals surface area (Å²) in [5.74, 6) is 5.68. The SMILES string of the molecule is CCc1ccc(CC(NN)c2cscc2C)s1. The maximum atomic E-state index is 5.68. The Balaban J connectivity index is 2.12. The first-order valence-corrected chi connectivity index (χ1v) is 7.57. The molecule has 1 unspecified atom stereocenters. The lowest BCUT2D eigenvalue weighted by Gasteiger charge is -2.14. The molecule has 2 nitrogen and oxygen atoms in total. The van der Waals surface area contributed by atoms with Gasteiger partial charge in [-0.3, -0.25) is 11.3 Å². The summed E-state index contributed by atoms with van der Waals surface area (Å²) in [5.41, 5.74) is 5.58. The molecule has 4 heteroatoms. The van der Waals surface area contributed by atoms with Crippen LogP contribution in [0.1, 0.15) is 33.8 Å². The van der Waals surface area contributed by atoms with Crippen LogP contribution in [0.15, 0.2) is 22.9 Å². The average Bonchev–Trinajstić information content (AvgIpc) is 2.95. The molecule has 0 aliphatic carbocycles. The fourth-order valence-corrected chi connectivity index (χ4v) is 3.82. The molecular weight excluding hydrogens is 248 g/mol. The van der Waals surface area contributed by atoms with Crippen molar-refractivity contribution < 1.29 is 0 Å². The molecular formula is C13H18N2S2. The lowest BCUT2D eigenvalue weighted by molar-refractivity contribution is 0.555. The third-order valence-corrected chi connectivity index (χ3v) is 5.07. The summed E-state index contributed by atoms with van der Waals surface area (Å²) in [7, 11) is 0. The van der Waals surface area contributed by atoms with Crippen molar-refractivity contribution in [1.29, 1.82) is 0 Å². The predicted molar refractivity (Wildman–Crippen MR) is 76.5 cm³/mol. The van der Waals surface area contributed by atoms with Crippen LogP contribution in [0.3, 0.4) is 0 Å². The van der Waals surface area contributed by atoms with Gasteiger partial charge in [0.25, 0.3) is 0 Å². The molecule has 2 rings (SSSR count). The maximum Gasteiger partial charge on any atom is 0.0519 e. The summed E-state index contributed by atoms with van der Waals surface area (Å²) in [6, 6.07) is 4.66. The van der Waals surface area contributed by atoms with E-state index in [4.69, 9.17) is 5.84 Å². The van der Waals surface area contributed by atoms with Crippen LogP contribution in [0.5, 0.6) is 0 Å². The fraction of sp³-hybridized carbons (Fsp3) is 0.385. The molecule has 2 aromatic heterocycles. The molecule has 0 saturated carbocycles. The van der Waals surface area contributed by atoms with Crippen LogP contribution in [-0.2, 0) is 12.8 Å². The second-order valence-electron chi connectivity index (χ2n) is 4.16. The Hall–Kier alpha value is -0.680. The minimum absolute atomic E-state index is 0.226. The Labute approximate surface area is 110 Å². The molecule has 0 saturated heterocycles. The van der Waals surface area contributed by atoms with E-state index in [2.05, 4.69) is 42.2 Å². The Bertz CT molecular complexity index is 473. The van der Waals surface area contributed by atoms with E-state index in [0.717, 1.165) is 12.8 Å². The lowest BCUT2D eigenvalue weighted by atomic mass is 10.0. The van der Waals surface area contributed by atoms with Gasteiger partial charge in [0.2, 0.25) is 0 Å². The molecule has 0 fully saturated rings. The van der Waals surface area contributed by atoms with Crippen molar-refractivity contribution >= 4 is 22.7 Å². The van der Waals surface area contributed by atoms with E-state index in [1.165, 1.54) is 20.9 Å². The van der Waals surface area contributed by atoms with E-state index in [1.54, 1.807) is 11.3 Å². The Morgan fingerprint density at radius 2 is 2.06 bits per heavy atom. The van der Waals surface area contributed by atoms with E-state index in [1.807, 2.05) is 11.3 Å². The molecule has 0 bridgehead atoms. The topological polar surface area (TPSA) is 38.0 Å². The first-order valence-electron chi connectivity index (χ1n) is 5.81. The van der Waals surface area contributed by atoms with Gasteiger partial charge in [0, 0.05) is 16.2 Å². The van der Waals surface area contributed by atoms with Crippen molar-refractivity contribution in [2.45, 2.75) is 32.7 Å². The highest BCUT2D eigenvalue weighted by Gasteiger charge is 2.14. The van der Waals surface area contributed by atoms with Crippen molar-refractivity contribution in [2.24, 2.45) is 5.84 Å². The number of hydrogen-bond donors (Lipinski definition) is 2. The van der Waals surface area contributed by atoms with Crippen LogP contribution in [-0.4, -0.2) is 0 Å². The fourth-order valence-electron chi connectivity index (χ4n) is 1.91. The number of hydrogen-bond acceptors (Lipinski definition) is 4. The highest BCUT2D eigenvalue weighted by Crippen LogP contribution is 2.27. The normalized spacial score (nSPS) is 12.9. The zero-order valence-electron chi connectivity index (χ0n) is 10.2. The lowest BCUT2D eigenvalue weighted by Crippen LogP contribution is -2.29. The number of thiophene rings is 2. The molecule has 17 heavy (non-hydrogen) atoms. The van der Waals surface area contributed by atoms with Gasteiger partial charge in [0.1, 0.15) is 0 Å². The molecule has 0 aliphatic heterocycles. The van der Waals surface area contributed by atoms with Crippen molar-refractivity contribution in [3.05, 3.63) is 43.8 Å². The predicted octanol–water partition coefficient (Wildman–Crippen LogP) is 3.43. The molecule has 0 amide bonds. The Morgan fingerprint density at radius 3 is 2.59 bits per heavy atom. The number of hydrazine groups is 1. The van der Waals surface area contributed by atoms with Crippen molar-refractivity contribution in [2.75, 3.05) is 0 Å². The molecule has 3 N–H and O–H groups in total. The number of nitrogens with two attached hydrogens (primary N) is 1. The first kappa shape index (κ1) is 12.8. The maximum absolute atomic E-state index is 5.68. The molecule has 0 aromatic carbocycles. The van der Waals surface area contributed by atoms with E-state index < -0.39 is 0 Å². The van der Waals surface area contributed by atoms with Crippen LogP contribution in [0.25, 0.3) is 0 Å². The van der Waals surface area contributed by atoms with Crippen LogP contribution < -0.4 is 11.3 Å². The average molecular weight is 266 g/mol. The van der Waals surface area contributed by atoms with Gasteiger partial charge >= 0.3 is 0 Å². The molecule has 92 valence electrons. The van der Waals surface area contributed by atoms with Gasteiger partial charge in [0.15, 0.2) is 0 Å². The van der Waals surface area contributed by atoms with Gasteiger partial charge in [0.05, 0.1) is 6.04 Å². The number of rotatable bonds is 5. The summed E-state index contributed by atoms with van der Waals surface area (Å²) < 4.78 is 0. The van der Waals surface area contributed by atoms with Crippen LogP contribution in [0, 0.1) is 6.92 Å². The highest BCUT2D eigenvalue weighted by atomic mass is 32.1. The second kappa shape index (κ2) is 5.78. The van der Waals surface area contributed by atoms with E-state index in [9.17, 15) is 0 Å². The summed E-state index contributed by atoms with van der Waals surface area (Å²) in [5, 5.41) is 4.36. The summed E-state index contributed by atoms with van der Waals surface area (Å²) in [6.45, 7) is 4.33. The third kappa shape index (κ3) is 2.96. The molecule has 0 spiro atoms. The molecule has 2 aromatic rings. The Kier molecular flexibility index (Phi) is 4.34. The number of nitrogens with one attached hydrogen (secondary N) is 1. The molecule has 0 aliphatic rings. The first-order chi connectivity index (χ1) is 8.24. The van der Waals surface area contributed by atoms with Crippen LogP contribution >= 0.6 is 22.7 Å². The minimum Gasteiger partial charge on any atom is -0.271 e. The van der Waals surface area contributed by atoms with Crippen LogP contribution in [0.2, 0.25) is 0 Å². The number of aryl methyl sites for hydroxylation is 2. The highest BCUT2D eigenvalue weighted by molar-refractivity contribution is 7.12. The summed E-state index contributed by atoms with van der Waals surface area (Å²) in [6.07, 6.45) is 2.08. The standard InChI is InChI=1S/C13H18N2S2/c1-3-10-4-5-11(17-10)6-13(15-14)12-8-16-7-9(12)2/h4-5,7-8,13,15H,3,6,14H2,1-2H3. The van der Waals surface area contributed by atoms with Gasteiger partial charge < -0.3 is 0 Å². The zero-order valence-corrected chi connectivity index (χ0v) is 11.8. The monoisotopic (exact) mass is 266 g/mol. The van der Waals surface area contributed by atoms with E-state index >= 15 is 0 Å². The van der Waals surface area contributed by atoms with Crippen molar-refractivity contribution in [1.82, 2.24) is 5.43 Å². The third-order valence-electron chi connectivity index (χ3n) is 2.94. The molecule has 1 atom stereocenters. The molecule has 0 radical (unpaired) electrons. The quantitative estimate of drug-likeness (QED) is 0.643. The van der Waals surface area contributed by atoms with Gasteiger partial charge in [-0.2, -0.15) is 11.3 Å². The van der Waals surface area contributed by atoms with Crippen LogP contribution in [0.4, 0.5) is 0 Å². The van der Waals surface area contributed by atoms with E-state index in [0.29, 0.717) is 0 Å². The Morgan fingerprint density at radius 1 is 1.29 bits per heavy atom. The smallest absolute Gasteiger partial charge is 0.0519 e.